The van der Waals surface area contributed by atoms with Crippen LogP contribution in [0.4, 0.5) is 0 Å². The van der Waals surface area contributed by atoms with E-state index in [-0.39, 0.29) is 5.91 Å². The number of carbonyl (C=O) groups is 1. The summed E-state index contributed by atoms with van der Waals surface area (Å²) in [7, 11) is 0. The average Bonchev–Trinajstić information content (AvgIpc) is 2.83. The third-order valence-corrected chi connectivity index (χ3v) is 4.58. The number of amides is 1. The number of rotatable bonds is 2. The smallest absolute Gasteiger partial charge is 0.270 e. The van der Waals surface area contributed by atoms with Crippen molar-refractivity contribution in [3.63, 3.8) is 0 Å². The number of aryl methyl sites for hydroxylation is 1. The van der Waals surface area contributed by atoms with Crippen LogP contribution < -0.4 is 0 Å². The van der Waals surface area contributed by atoms with E-state index in [4.69, 9.17) is 11.6 Å². The molecule has 4 nitrogen and oxygen atoms in total. The van der Waals surface area contributed by atoms with Crippen molar-refractivity contribution >= 4 is 28.4 Å². The number of aromatic nitrogens is 1. The van der Waals surface area contributed by atoms with Crippen molar-refractivity contribution in [1.29, 1.82) is 0 Å². The summed E-state index contributed by atoms with van der Waals surface area (Å²) in [6, 6.07) is 5.70. The summed E-state index contributed by atoms with van der Waals surface area (Å²) in [4.78, 5) is 20.2. The molecule has 1 saturated heterocycles. The minimum absolute atomic E-state index is 0.0931. The summed E-state index contributed by atoms with van der Waals surface area (Å²) in [5, 5.41) is 1.74. The van der Waals surface area contributed by atoms with Gasteiger partial charge in [0.25, 0.3) is 5.91 Å². The first kappa shape index (κ1) is 14.4. The molecule has 2 aromatic rings. The van der Waals surface area contributed by atoms with Gasteiger partial charge < -0.3 is 14.8 Å². The largest absolute Gasteiger partial charge is 0.350 e. The fraction of sp³-hybridized carbons (Fsp3) is 0.438. The van der Waals surface area contributed by atoms with Gasteiger partial charge in [0.2, 0.25) is 0 Å². The van der Waals surface area contributed by atoms with E-state index in [0.717, 1.165) is 49.2 Å². The molecule has 3 rings (SSSR count). The third kappa shape index (κ3) is 2.65. The standard InChI is InChI=1S/C16H20ClN3O/c1-3-19-6-8-20(9-7-19)16(21)15-11(2)13-5-4-12(17)10-14(13)18-15/h4-5,10,18H,3,6-9H2,1-2H3. The number of aromatic amines is 1. The Morgan fingerprint density at radius 3 is 2.67 bits per heavy atom. The summed E-state index contributed by atoms with van der Waals surface area (Å²) in [5.41, 5.74) is 2.62. The van der Waals surface area contributed by atoms with Gasteiger partial charge in [-0.15, -0.1) is 0 Å². The van der Waals surface area contributed by atoms with Gasteiger partial charge in [0.15, 0.2) is 0 Å². The zero-order valence-electron chi connectivity index (χ0n) is 12.4. The SMILES string of the molecule is CCN1CCN(C(=O)c2[nH]c3cc(Cl)ccc3c2C)CC1. The normalized spacial score (nSPS) is 16.6. The Labute approximate surface area is 129 Å². The highest BCUT2D eigenvalue weighted by molar-refractivity contribution is 6.31. The van der Waals surface area contributed by atoms with E-state index in [9.17, 15) is 4.79 Å². The number of fused-ring (bicyclic) bond motifs is 1. The molecule has 0 radical (unpaired) electrons. The van der Waals surface area contributed by atoms with E-state index in [2.05, 4.69) is 16.8 Å². The van der Waals surface area contributed by atoms with Crippen LogP contribution in [0.15, 0.2) is 18.2 Å². The van der Waals surface area contributed by atoms with Crippen molar-refractivity contribution in [3.05, 3.63) is 34.5 Å². The number of carbonyl (C=O) groups excluding carboxylic acids is 1. The second-order valence-corrected chi connectivity index (χ2v) is 5.98. The van der Waals surface area contributed by atoms with Crippen molar-refractivity contribution in [2.75, 3.05) is 32.7 Å². The summed E-state index contributed by atoms with van der Waals surface area (Å²) in [5.74, 6) is 0.0931. The van der Waals surface area contributed by atoms with Crippen molar-refractivity contribution in [2.24, 2.45) is 0 Å². The fourth-order valence-corrected chi connectivity index (χ4v) is 3.12. The average molecular weight is 306 g/mol. The van der Waals surface area contributed by atoms with Crippen LogP contribution in [0.2, 0.25) is 5.02 Å². The van der Waals surface area contributed by atoms with E-state index in [1.54, 1.807) is 0 Å². The minimum Gasteiger partial charge on any atom is -0.350 e. The first-order valence-corrected chi connectivity index (χ1v) is 7.77. The molecule has 0 unspecified atom stereocenters. The van der Waals surface area contributed by atoms with E-state index >= 15 is 0 Å². The van der Waals surface area contributed by atoms with Gasteiger partial charge in [-0.3, -0.25) is 4.79 Å². The van der Waals surface area contributed by atoms with E-state index in [0.29, 0.717) is 10.7 Å². The number of H-pyrrole nitrogens is 1. The maximum Gasteiger partial charge on any atom is 0.270 e. The van der Waals surface area contributed by atoms with E-state index in [1.165, 1.54) is 0 Å². The van der Waals surface area contributed by atoms with Crippen LogP contribution in [-0.2, 0) is 0 Å². The van der Waals surface area contributed by atoms with Crippen LogP contribution in [-0.4, -0.2) is 53.4 Å². The third-order valence-electron chi connectivity index (χ3n) is 4.34. The summed E-state index contributed by atoms with van der Waals surface area (Å²) in [6.45, 7) is 8.68. The lowest BCUT2D eigenvalue weighted by Crippen LogP contribution is -2.48. The number of halogens is 1. The second kappa shape index (κ2) is 5.70. The van der Waals surface area contributed by atoms with Crippen LogP contribution in [0.3, 0.4) is 0 Å². The molecule has 1 N–H and O–H groups in total. The summed E-state index contributed by atoms with van der Waals surface area (Å²) in [6.07, 6.45) is 0. The molecule has 0 saturated carbocycles. The molecule has 1 aromatic heterocycles. The molecule has 0 spiro atoms. The molecular formula is C16H20ClN3O. The predicted molar refractivity (Wildman–Crippen MR) is 86.1 cm³/mol. The van der Waals surface area contributed by atoms with Crippen LogP contribution in [0.25, 0.3) is 10.9 Å². The first-order valence-electron chi connectivity index (χ1n) is 7.39. The zero-order chi connectivity index (χ0) is 15.0. The maximum absolute atomic E-state index is 12.7. The van der Waals surface area contributed by atoms with Crippen molar-refractivity contribution in [2.45, 2.75) is 13.8 Å². The lowest BCUT2D eigenvalue weighted by atomic mass is 10.1. The van der Waals surface area contributed by atoms with Crippen LogP contribution in [0.1, 0.15) is 23.0 Å². The molecular weight excluding hydrogens is 286 g/mol. The number of piperazine rings is 1. The molecule has 5 heteroatoms. The molecule has 1 aliphatic heterocycles. The Kier molecular flexibility index (Phi) is 3.91. The Bertz CT molecular complexity index is 671. The van der Waals surface area contributed by atoms with Crippen molar-refractivity contribution < 1.29 is 4.79 Å². The number of benzene rings is 1. The van der Waals surface area contributed by atoms with Crippen LogP contribution >= 0.6 is 11.6 Å². The fourth-order valence-electron chi connectivity index (χ4n) is 2.95. The Hall–Kier alpha value is -1.52. The Morgan fingerprint density at radius 1 is 1.29 bits per heavy atom. The molecule has 1 amide bonds. The molecule has 21 heavy (non-hydrogen) atoms. The number of nitrogens with one attached hydrogen (secondary N) is 1. The van der Waals surface area contributed by atoms with Gasteiger partial charge in [-0.25, -0.2) is 0 Å². The van der Waals surface area contributed by atoms with Gasteiger partial charge >= 0.3 is 0 Å². The Balaban J connectivity index is 1.86. The van der Waals surface area contributed by atoms with E-state index in [1.807, 2.05) is 30.0 Å². The number of hydrogen-bond donors (Lipinski definition) is 1. The molecule has 2 heterocycles. The lowest BCUT2D eigenvalue weighted by molar-refractivity contribution is 0.0638. The summed E-state index contributed by atoms with van der Waals surface area (Å²) >= 11 is 6.02. The predicted octanol–water partition coefficient (Wildman–Crippen LogP) is 2.91. The molecule has 1 aromatic carbocycles. The quantitative estimate of drug-likeness (QED) is 0.926. The molecule has 0 aliphatic carbocycles. The molecule has 1 fully saturated rings. The van der Waals surface area contributed by atoms with Gasteiger partial charge in [-0.05, 0) is 31.2 Å². The van der Waals surface area contributed by atoms with Crippen molar-refractivity contribution in [3.8, 4) is 0 Å². The van der Waals surface area contributed by atoms with Gasteiger partial charge in [-0.2, -0.15) is 0 Å². The van der Waals surface area contributed by atoms with Gasteiger partial charge in [0, 0.05) is 42.1 Å². The minimum atomic E-state index is 0.0931. The summed E-state index contributed by atoms with van der Waals surface area (Å²) < 4.78 is 0. The first-order chi connectivity index (χ1) is 10.1. The number of hydrogen-bond acceptors (Lipinski definition) is 2. The highest BCUT2D eigenvalue weighted by Gasteiger charge is 2.24. The topological polar surface area (TPSA) is 39.3 Å². The van der Waals surface area contributed by atoms with Crippen LogP contribution in [0, 0.1) is 6.92 Å². The molecule has 112 valence electrons. The second-order valence-electron chi connectivity index (χ2n) is 5.54. The lowest BCUT2D eigenvalue weighted by Gasteiger charge is -2.33. The van der Waals surface area contributed by atoms with Crippen LogP contribution in [0.5, 0.6) is 0 Å². The monoisotopic (exact) mass is 305 g/mol. The highest BCUT2D eigenvalue weighted by atomic mass is 35.5. The molecule has 0 atom stereocenters. The van der Waals surface area contributed by atoms with Gasteiger partial charge in [0.1, 0.15) is 5.69 Å². The van der Waals surface area contributed by atoms with Crippen molar-refractivity contribution in [1.82, 2.24) is 14.8 Å². The van der Waals surface area contributed by atoms with Gasteiger partial charge in [0.05, 0.1) is 0 Å². The number of nitrogens with zero attached hydrogens (tertiary/aromatic N) is 2. The highest BCUT2D eigenvalue weighted by Crippen LogP contribution is 2.25. The van der Waals surface area contributed by atoms with Gasteiger partial charge in [-0.1, -0.05) is 24.6 Å². The Morgan fingerprint density at radius 2 is 2.00 bits per heavy atom. The van der Waals surface area contributed by atoms with E-state index < -0.39 is 0 Å². The maximum atomic E-state index is 12.7. The number of likely N-dealkylation sites (N-methyl/N-ethyl adjacent to an activating group) is 1. The zero-order valence-corrected chi connectivity index (χ0v) is 13.2. The molecule has 0 bridgehead atoms. The molecule has 1 aliphatic rings.